The van der Waals surface area contributed by atoms with Crippen molar-refractivity contribution in [2.45, 2.75) is 48.5 Å². The van der Waals surface area contributed by atoms with E-state index in [-0.39, 0.29) is 0 Å². The minimum Gasteiger partial charge on any atom is -0.0961 e. The Morgan fingerprint density at radius 1 is 0.923 bits per heavy atom. The molecule has 0 aliphatic carbocycles. The van der Waals surface area contributed by atoms with Crippen LogP contribution in [-0.4, -0.2) is 0 Å². The van der Waals surface area contributed by atoms with Gasteiger partial charge in [0.1, 0.15) is 0 Å². The summed E-state index contributed by atoms with van der Waals surface area (Å²) in [5, 5.41) is 0. The first-order valence-corrected chi connectivity index (χ1v) is 5.13. The summed E-state index contributed by atoms with van der Waals surface area (Å²) >= 11 is 0. The molecular formula is C13H26. The monoisotopic (exact) mass is 182 g/mol. The van der Waals surface area contributed by atoms with E-state index >= 15 is 0 Å². The van der Waals surface area contributed by atoms with Gasteiger partial charge >= 0.3 is 0 Å². The van der Waals surface area contributed by atoms with Crippen molar-refractivity contribution in [2.24, 2.45) is 0 Å². The van der Waals surface area contributed by atoms with Crippen LogP contribution >= 0.6 is 0 Å². The second-order valence-electron chi connectivity index (χ2n) is 2.21. The lowest BCUT2D eigenvalue weighted by molar-refractivity contribution is 1.45. The van der Waals surface area contributed by atoms with Gasteiger partial charge in [-0.15, -0.1) is 0 Å². The van der Waals surface area contributed by atoms with Crippen molar-refractivity contribution < 1.29 is 0 Å². The van der Waals surface area contributed by atoms with Gasteiger partial charge in [-0.2, -0.15) is 0 Å². The molecule has 0 saturated heterocycles. The van der Waals surface area contributed by atoms with E-state index in [1.165, 1.54) is 5.57 Å². The van der Waals surface area contributed by atoms with Gasteiger partial charge in [0.2, 0.25) is 0 Å². The second kappa shape index (κ2) is 17.3. The van der Waals surface area contributed by atoms with Crippen LogP contribution in [0.2, 0.25) is 0 Å². The van der Waals surface area contributed by atoms with Crippen LogP contribution in [0.5, 0.6) is 0 Å². The Labute approximate surface area is 85.1 Å². The zero-order valence-electron chi connectivity index (χ0n) is 10.4. The van der Waals surface area contributed by atoms with Crippen molar-refractivity contribution in [1.29, 1.82) is 0 Å². The van der Waals surface area contributed by atoms with Gasteiger partial charge in [-0.25, -0.2) is 0 Å². The Bertz CT molecular complexity index is 147. The number of hydrogen-bond acceptors (Lipinski definition) is 0. The molecule has 78 valence electrons. The zero-order valence-corrected chi connectivity index (χ0v) is 10.4. The normalized spacial score (nSPS) is 9.62. The minimum atomic E-state index is 1.09. The zero-order chi connectivity index (χ0) is 11.3. The third-order valence-corrected chi connectivity index (χ3v) is 1.09. The summed E-state index contributed by atoms with van der Waals surface area (Å²) < 4.78 is 0. The van der Waals surface area contributed by atoms with E-state index in [1.54, 1.807) is 0 Å². The van der Waals surface area contributed by atoms with Crippen molar-refractivity contribution in [3.05, 3.63) is 36.0 Å². The molecule has 0 fully saturated rings. The van der Waals surface area contributed by atoms with Gasteiger partial charge in [-0.1, -0.05) is 63.6 Å². The van der Waals surface area contributed by atoms with Gasteiger partial charge in [0.15, 0.2) is 0 Å². The molecule has 0 heteroatoms. The first-order chi connectivity index (χ1) is 6.16. The molecule has 0 unspecified atom stereocenters. The maximum Gasteiger partial charge on any atom is -0.0401 e. The largest absolute Gasteiger partial charge is 0.0961 e. The Morgan fingerprint density at radius 3 is 1.54 bits per heavy atom. The van der Waals surface area contributed by atoms with Crippen LogP contribution in [0.15, 0.2) is 36.0 Å². The standard InChI is InChI=1S/C9H14.2C2H6/c1-5-9(4)7-6-8(2)3;2*1-2/h5-7H,2H2,1,3-4H3;2*1-2H3/b7-6-,9-5-;;. The Morgan fingerprint density at radius 2 is 1.31 bits per heavy atom. The van der Waals surface area contributed by atoms with E-state index in [2.05, 4.69) is 25.7 Å². The van der Waals surface area contributed by atoms with Crippen LogP contribution < -0.4 is 0 Å². The van der Waals surface area contributed by atoms with Crippen molar-refractivity contribution >= 4 is 0 Å². The summed E-state index contributed by atoms with van der Waals surface area (Å²) in [6, 6.07) is 0. The summed E-state index contributed by atoms with van der Waals surface area (Å²) in [5.41, 5.74) is 2.37. The first kappa shape index (κ1) is 18.1. The third-order valence-electron chi connectivity index (χ3n) is 1.09. The van der Waals surface area contributed by atoms with Crippen LogP contribution in [0.4, 0.5) is 0 Å². The van der Waals surface area contributed by atoms with Gasteiger partial charge < -0.3 is 0 Å². The smallest absolute Gasteiger partial charge is 0.0401 e. The highest BCUT2D eigenvalue weighted by molar-refractivity contribution is 5.22. The topological polar surface area (TPSA) is 0 Å². The average Bonchev–Trinajstić information content (AvgIpc) is 2.20. The number of allylic oxidation sites excluding steroid dienone is 5. The summed E-state index contributed by atoms with van der Waals surface area (Å²) in [7, 11) is 0. The van der Waals surface area contributed by atoms with Gasteiger partial charge in [0.25, 0.3) is 0 Å². The van der Waals surface area contributed by atoms with E-state index in [0.717, 1.165) is 5.57 Å². The Balaban J connectivity index is -0.000000218. The minimum absolute atomic E-state index is 1.09. The highest BCUT2D eigenvalue weighted by atomic mass is 13.8. The van der Waals surface area contributed by atoms with E-state index in [9.17, 15) is 0 Å². The molecule has 0 N–H and O–H groups in total. The molecule has 0 aromatic carbocycles. The van der Waals surface area contributed by atoms with Crippen LogP contribution in [-0.2, 0) is 0 Å². The van der Waals surface area contributed by atoms with Crippen molar-refractivity contribution in [3.8, 4) is 0 Å². The Kier molecular flexibility index (Phi) is 24.1. The van der Waals surface area contributed by atoms with Crippen molar-refractivity contribution in [2.75, 3.05) is 0 Å². The molecule has 0 heterocycles. The second-order valence-corrected chi connectivity index (χ2v) is 2.21. The molecule has 0 aromatic heterocycles. The van der Waals surface area contributed by atoms with Crippen LogP contribution in [0.3, 0.4) is 0 Å². The molecule has 13 heavy (non-hydrogen) atoms. The van der Waals surface area contributed by atoms with E-state index < -0.39 is 0 Å². The quantitative estimate of drug-likeness (QED) is 0.519. The highest BCUT2D eigenvalue weighted by Crippen LogP contribution is 1.97. The van der Waals surface area contributed by atoms with Gasteiger partial charge in [0, 0.05) is 0 Å². The molecule has 0 aromatic rings. The molecule has 0 atom stereocenters. The fourth-order valence-corrected chi connectivity index (χ4v) is 0.370. The number of hydrogen-bond donors (Lipinski definition) is 0. The molecule has 0 bridgehead atoms. The lowest BCUT2D eigenvalue weighted by Crippen LogP contribution is -1.65. The predicted molar refractivity (Wildman–Crippen MR) is 66.1 cm³/mol. The summed E-state index contributed by atoms with van der Waals surface area (Å²) in [6.45, 7) is 17.8. The molecule has 0 radical (unpaired) electrons. The lowest BCUT2D eigenvalue weighted by Gasteiger charge is -1.86. The van der Waals surface area contributed by atoms with Crippen LogP contribution in [0, 0.1) is 0 Å². The van der Waals surface area contributed by atoms with Crippen LogP contribution in [0.1, 0.15) is 48.5 Å². The first-order valence-electron chi connectivity index (χ1n) is 5.13. The third kappa shape index (κ3) is 24.7. The summed E-state index contributed by atoms with van der Waals surface area (Å²) in [4.78, 5) is 0. The molecular weight excluding hydrogens is 156 g/mol. The summed E-state index contributed by atoms with van der Waals surface area (Å²) in [5.74, 6) is 0. The fraction of sp³-hybridized carbons (Fsp3) is 0.538. The van der Waals surface area contributed by atoms with Gasteiger partial charge in [0.05, 0.1) is 0 Å². The molecule has 0 nitrogen and oxygen atoms in total. The highest BCUT2D eigenvalue weighted by Gasteiger charge is 1.75. The van der Waals surface area contributed by atoms with Crippen molar-refractivity contribution in [3.63, 3.8) is 0 Å². The molecule has 0 rings (SSSR count). The average molecular weight is 182 g/mol. The molecule has 0 saturated carbocycles. The molecule has 0 amide bonds. The predicted octanol–water partition coefficient (Wildman–Crippen LogP) is 5.14. The fourth-order valence-electron chi connectivity index (χ4n) is 0.370. The maximum atomic E-state index is 3.75. The van der Waals surface area contributed by atoms with E-state index in [1.807, 2.05) is 47.6 Å². The van der Waals surface area contributed by atoms with Crippen molar-refractivity contribution in [1.82, 2.24) is 0 Å². The molecule has 0 aliphatic heterocycles. The Hall–Kier alpha value is -0.780. The van der Waals surface area contributed by atoms with Gasteiger partial charge in [-0.3, -0.25) is 0 Å². The molecule has 0 spiro atoms. The number of rotatable bonds is 2. The summed E-state index contributed by atoms with van der Waals surface area (Å²) in [6.07, 6.45) is 6.14. The van der Waals surface area contributed by atoms with Gasteiger partial charge in [-0.05, 0) is 20.8 Å². The molecule has 0 aliphatic rings. The van der Waals surface area contributed by atoms with Crippen LogP contribution in [0.25, 0.3) is 0 Å². The van der Waals surface area contributed by atoms with E-state index in [0.29, 0.717) is 0 Å². The van der Waals surface area contributed by atoms with E-state index in [4.69, 9.17) is 0 Å². The maximum absolute atomic E-state index is 3.75. The lowest BCUT2D eigenvalue weighted by atomic mass is 10.2. The SMILES string of the molecule is C=C(C)/C=C\C(C)=C/C.CC.CC.